The number of halogens is 2. The van der Waals surface area contributed by atoms with Crippen molar-refractivity contribution >= 4 is 50.9 Å². The zero-order valence-electron chi connectivity index (χ0n) is 16.9. The lowest BCUT2D eigenvalue weighted by Gasteiger charge is -2.16. The summed E-state index contributed by atoms with van der Waals surface area (Å²) in [7, 11) is 0. The van der Waals surface area contributed by atoms with Crippen molar-refractivity contribution in [1.29, 1.82) is 0 Å². The molecule has 0 radical (unpaired) electrons. The highest BCUT2D eigenvalue weighted by Gasteiger charge is 2.20. The van der Waals surface area contributed by atoms with E-state index in [4.69, 9.17) is 16.3 Å². The van der Waals surface area contributed by atoms with E-state index in [2.05, 4.69) is 31.4 Å². The summed E-state index contributed by atoms with van der Waals surface area (Å²) in [5.41, 5.74) is 1.79. The van der Waals surface area contributed by atoms with Crippen LogP contribution < -0.4 is 10.1 Å². The van der Waals surface area contributed by atoms with Gasteiger partial charge in [0.2, 0.25) is 5.91 Å². The van der Waals surface area contributed by atoms with E-state index in [1.54, 1.807) is 6.07 Å². The summed E-state index contributed by atoms with van der Waals surface area (Å²) in [5, 5.41) is 12.7. The molecule has 3 aromatic rings. The van der Waals surface area contributed by atoms with Crippen molar-refractivity contribution in [2.24, 2.45) is 0 Å². The number of anilines is 1. The molecule has 0 saturated carbocycles. The van der Waals surface area contributed by atoms with Crippen molar-refractivity contribution in [2.75, 3.05) is 11.1 Å². The maximum atomic E-state index is 12.4. The zero-order valence-corrected chi connectivity index (χ0v) is 20.0. The average molecular weight is 510 g/mol. The van der Waals surface area contributed by atoms with Gasteiger partial charge in [-0.3, -0.25) is 4.79 Å². The molecule has 2 aromatic carbocycles. The second-order valence-corrected chi connectivity index (χ2v) is 8.84. The first kappa shape index (κ1) is 22.7. The molecule has 0 unspecified atom stereocenters. The van der Waals surface area contributed by atoms with Gasteiger partial charge < -0.3 is 14.6 Å². The Morgan fingerprint density at radius 1 is 1.30 bits per heavy atom. The number of hydrogen-bond donors (Lipinski definition) is 1. The molecule has 6 nitrogen and oxygen atoms in total. The molecule has 0 aliphatic heterocycles. The SMILES string of the molecule is CCn1c(SCC(=O)Nc2ccc(Br)cc2C)nnc1[C@H](C)Oc1ccccc1Cl. The van der Waals surface area contributed by atoms with Crippen LogP contribution in [0.5, 0.6) is 5.75 Å². The molecule has 9 heteroatoms. The largest absolute Gasteiger partial charge is 0.481 e. The minimum atomic E-state index is -0.342. The lowest BCUT2D eigenvalue weighted by molar-refractivity contribution is -0.113. The van der Waals surface area contributed by atoms with E-state index in [9.17, 15) is 4.79 Å². The summed E-state index contributed by atoms with van der Waals surface area (Å²) in [6, 6.07) is 13.0. The Bertz CT molecular complexity index is 1040. The van der Waals surface area contributed by atoms with Crippen molar-refractivity contribution in [3.8, 4) is 5.75 Å². The molecule has 0 bridgehead atoms. The van der Waals surface area contributed by atoms with Gasteiger partial charge in [-0.1, -0.05) is 51.4 Å². The third-order valence-electron chi connectivity index (χ3n) is 4.36. The van der Waals surface area contributed by atoms with Crippen LogP contribution in [-0.4, -0.2) is 26.4 Å². The summed E-state index contributed by atoms with van der Waals surface area (Å²) in [6.07, 6.45) is -0.342. The van der Waals surface area contributed by atoms with Crippen molar-refractivity contribution in [3.63, 3.8) is 0 Å². The van der Waals surface area contributed by atoms with Crippen LogP contribution in [0.25, 0.3) is 0 Å². The molecule has 0 aliphatic carbocycles. The van der Waals surface area contributed by atoms with Gasteiger partial charge in [0.25, 0.3) is 0 Å². The van der Waals surface area contributed by atoms with Crippen LogP contribution in [0.2, 0.25) is 5.02 Å². The molecule has 158 valence electrons. The van der Waals surface area contributed by atoms with E-state index in [0.717, 1.165) is 15.7 Å². The molecule has 1 amide bonds. The quantitative estimate of drug-likeness (QED) is 0.383. The van der Waals surface area contributed by atoms with Gasteiger partial charge in [0.1, 0.15) is 5.75 Å². The van der Waals surface area contributed by atoms with Crippen molar-refractivity contribution in [1.82, 2.24) is 14.8 Å². The number of thioether (sulfide) groups is 1. The van der Waals surface area contributed by atoms with Crippen LogP contribution in [0.1, 0.15) is 31.3 Å². The molecule has 1 aromatic heterocycles. The highest BCUT2D eigenvalue weighted by Crippen LogP contribution is 2.29. The molecule has 1 N–H and O–H groups in total. The van der Waals surface area contributed by atoms with Gasteiger partial charge in [-0.25, -0.2) is 0 Å². The standard InChI is InChI=1S/C21H22BrClN4O2S/c1-4-27-20(14(3)29-18-8-6-5-7-16(18)23)25-26-21(27)30-12-19(28)24-17-10-9-15(22)11-13(17)2/h5-11,14H,4,12H2,1-3H3,(H,24,28)/t14-/m0/s1. The summed E-state index contributed by atoms with van der Waals surface area (Å²) in [5.74, 6) is 1.41. The van der Waals surface area contributed by atoms with Crippen molar-refractivity contribution < 1.29 is 9.53 Å². The van der Waals surface area contributed by atoms with Crippen LogP contribution >= 0.6 is 39.3 Å². The van der Waals surface area contributed by atoms with E-state index < -0.39 is 0 Å². The Kier molecular flexibility index (Phi) is 7.80. The predicted molar refractivity (Wildman–Crippen MR) is 124 cm³/mol. The number of amides is 1. The number of nitrogens with one attached hydrogen (secondary N) is 1. The van der Waals surface area contributed by atoms with Gasteiger partial charge in [-0.15, -0.1) is 10.2 Å². The Labute approximate surface area is 193 Å². The van der Waals surface area contributed by atoms with Crippen LogP contribution in [-0.2, 0) is 11.3 Å². The fourth-order valence-electron chi connectivity index (χ4n) is 2.87. The first-order chi connectivity index (χ1) is 14.4. The Morgan fingerprint density at radius 2 is 2.07 bits per heavy atom. The molecule has 3 rings (SSSR count). The topological polar surface area (TPSA) is 69.0 Å². The molecule has 1 atom stereocenters. The van der Waals surface area contributed by atoms with Gasteiger partial charge in [0, 0.05) is 16.7 Å². The lowest BCUT2D eigenvalue weighted by Crippen LogP contribution is -2.16. The monoisotopic (exact) mass is 508 g/mol. The molecule has 0 fully saturated rings. The van der Waals surface area contributed by atoms with E-state index >= 15 is 0 Å². The number of para-hydroxylation sites is 1. The van der Waals surface area contributed by atoms with Gasteiger partial charge in [-0.2, -0.15) is 0 Å². The summed E-state index contributed by atoms with van der Waals surface area (Å²) >= 11 is 11.0. The predicted octanol–water partition coefficient (Wildman–Crippen LogP) is 5.89. The Morgan fingerprint density at radius 3 is 2.77 bits per heavy atom. The van der Waals surface area contributed by atoms with Gasteiger partial charge in [0.05, 0.1) is 10.8 Å². The first-order valence-corrected chi connectivity index (χ1v) is 11.6. The minimum Gasteiger partial charge on any atom is -0.481 e. The number of nitrogens with zero attached hydrogens (tertiary/aromatic N) is 3. The number of rotatable bonds is 8. The number of benzene rings is 2. The van der Waals surface area contributed by atoms with E-state index in [0.29, 0.717) is 28.3 Å². The van der Waals surface area contributed by atoms with E-state index in [-0.39, 0.29) is 17.8 Å². The van der Waals surface area contributed by atoms with Gasteiger partial charge >= 0.3 is 0 Å². The number of aromatic nitrogens is 3. The van der Waals surface area contributed by atoms with Crippen LogP contribution in [0, 0.1) is 6.92 Å². The maximum absolute atomic E-state index is 12.4. The lowest BCUT2D eigenvalue weighted by atomic mass is 10.2. The fraction of sp³-hybridized carbons (Fsp3) is 0.286. The van der Waals surface area contributed by atoms with Gasteiger partial charge in [-0.05, 0) is 56.7 Å². The molecular weight excluding hydrogens is 488 g/mol. The number of carbonyl (C=O) groups excluding carboxylic acids is 1. The normalized spacial score (nSPS) is 11.9. The highest BCUT2D eigenvalue weighted by atomic mass is 79.9. The molecule has 1 heterocycles. The number of carbonyl (C=O) groups is 1. The third-order valence-corrected chi connectivity index (χ3v) is 6.13. The van der Waals surface area contributed by atoms with Crippen molar-refractivity contribution in [3.05, 3.63) is 63.3 Å². The fourth-order valence-corrected chi connectivity index (χ4v) is 4.34. The van der Waals surface area contributed by atoms with Crippen LogP contribution in [0.3, 0.4) is 0 Å². The van der Waals surface area contributed by atoms with E-state index in [1.807, 2.05) is 61.7 Å². The highest BCUT2D eigenvalue weighted by molar-refractivity contribution is 9.10. The second kappa shape index (κ2) is 10.3. The first-order valence-electron chi connectivity index (χ1n) is 9.42. The van der Waals surface area contributed by atoms with E-state index in [1.165, 1.54) is 11.8 Å². The molecule has 0 aliphatic rings. The zero-order chi connectivity index (χ0) is 21.7. The van der Waals surface area contributed by atoms with Crippen molar-refractivity contribution in [2.45, 2.75) is 38.6 Å². The number of ether oxygens (including phenoxy) is 1. The summed E-state index contributed by atoms with van der Waals surface area (Å²) in [4.78, 5) is 12.4. The average Bonchev–Trinajstić information content (AvgIpc) is 3.13. The summed E-state index contributed by atoms with van der Waals surface area (Å²) < 4.78 is 8.89. The smallest absolute Gasteiger partial charge is 0.234 e. The molecule has 0 saturated heterocycles. The molecule has 30 heavy (non-hydrogen) atoms. The molecule has 0 spiro atoms. The number of hydrogen-bond acceptors (Lipinski definition) is 5. The van der Waals surface area contributed by atoms with Crippen LogP contribution in [0.4, 0.5) is 5.69 Å². The Balaban J connectivity index is 1.65. The Hall–Kier alpha value is -2.03. The van der Waals surface area contributed by atoms with Gasteiger partial charge in [0.15, 0.2) is 17.1 Å². The third kappa shape index (κ3) is 5.56. The minimum absolute atomic E-state index is 0.0991. The second-order valence-electron chi connectivity index (χ2n) is 6.57. The van der Waals surface area contributed by atoms with Crippen LogP contribution in [0.15, 0.2) is 52.1 Å². The molecular formula is C21H22BrClN4O2S. The summed E-state index contributed by atoms with van der Waals surface area (Å²) in [6.45, 7) is 6.52. The number of aryl methyl sites for hydroxylation is 1. The maximum Gasteiger partial charge on any atom is 0.234 e.